The van der Waals surface area contributed by atoms with Crippen LogP contribution in [0.15, 0.2) is 42.5 Å². The van der Waals surface area contributed by atoms with Crippen molar-refractivity contribution in [2.75, 3.05) is 44.2 Å². The second-order valence-corrected chi connectivity index (χ2v) is 8.91. The highest BCUT2D eigenvalue weighted by atomic mass is 19.1. The van der Waals surface area contributed by atoms with Crippen LogP contribution in [0.1, 0.15) is 29.3 Å². The van der Waals surface area contributed by atoms with Crippen LogP contribution in [0, 0.1) is 5.82 Å². The van der Waals surface area contributed by atoms with Crippen LogP contribution in [0.4, 0.5) is 14.9 Å². The Morgan fingerprint density at radius 1 is 1.09 bits per heavy atom. The van der Waals surface area contributed by atoms with Crippen molar-refractivity contribution >= 4 is 29.3 Å². The summed E-state index contributed by atoms with van der Waals surface area (Å²) in [6.07, 6.45) is 0.284. The summed E-state index contributed by atoms with van der Waals surface area (Å²) in [6.45, 7) is 2.70. The molecule has 4 amide bonds. The largest absolute Gasteiger partial charge is 0.493 e. The number of ether oxygens (including phenoxy) is 1. The number of amides is 4. The van der Waals surface area contributed by atoms with Gasteiger partial charge in [-0.25, -0.2) is 9.18 Å². The highest BCUT2D eigenvalue weighted by Crippen LogP contribution is 2.41. The average molecular weight is 480 g/mol. The number of anilines is 1. The number of Topliss-reactive ketones (excluding diaryl/α,β-unsaturated/α-hetero) is 1. The molecule has 3 heterocycles. The molecule has 35 heavy (non-hydrogen) atoms. The van der Waals surface area contributed by atoms with Crippen molar-refractivity contribution in [1.82, 2.24) is 15.1 Å². The van der Waals surface area contributed by atoms with Crippen molar-refractivity contribution in [1.29, 1.82) is 0 Å². The summed E-state index contributed by atoms with van der Waals surface area (Å²) in [5, 5.41) is 2.79. The first kappa shape index (κ1) is 22.8. The third-order valence-electron chi connectivity index (χ3n) is 6.88. The maximum Gasteiger partial charge on any atom is 0.325 e. The molecular formula is C25H25FN4O5. The van der Waals surface area contributed by atoms with Gasteiger partial charge in [0.25, 0.3) is 5.91 Å². The summed E-state index contributed by atoms with van der Waals surface area (Å²) in [5.41, 5.74) is 0.0370. The van der Waals surface area contributed by atoms with Gasteiger partial charge in [0.05, 0.1) is 12.3 Å². The second-order valence-electron chi connectivity index (χ2n) is 8.91. The first-order valence-electron chi connectivity index (χ1n) is 11.5. The van der Waals surface area contributed by atoms with Crippen molar-refractivity contribution in [3.05, 3.63) is 59.4 Å². The van der Waals surface area contributed by atoms with E-state index < -0.39 is 23.3 Å². The predicted molar refractivity (Wildman–Crippen MR) is 124 cm³/mol. The summed E-state index contributed by atoms with van der Waals surface area (Å²) in [4.78, 5) is 54.9. The highest BCUT2D eigenvalue weighted by Gasteiger charge is 2.55. The number of urea groups is 1. The number of para-hydroxylation sites is 1. The van der Waals surface area contributed by atoms with E-state index in [9.17, 15) is 23.6 Å². The van der Waals surface area contributed by atoms with E-state index in [-0.39, 0.29) is 31.3 Å². The minimum absolute atomic E-state index is 0.211. The van der Waals surface area contributed by atoms with Gasteiger partial charge in [0.1, 0.15) is 18.1 Å². The van der Waals surface area contributed by atoms with Gasteiger partial charge in [0.15, 0.2) is 11.3 Å². The molecule has 1 atom stereocenters. The molecule has 0 radical (unpaired) electrons. The van der Waals surface area contributed by atoms with Gasteiger partial charge in [-0.05, 0) is 31.2 Å². The predicted octanol–water partition coefficient (Wildman–Crippen LogP) is 1.91. The van der Waals surface area contributed by atoms with Crippen molar-refractivity contribution in [3.8, 4) is 5.75 Å². The molecule has 5 rings (SSSR count). The van der Waals surface area contributed by atoms with Crippen molar-refractivity contribution < 1.29 is 28.3 Å². The molecule has 0 bridgehead atoms. The quantitative estimate of drug-likeness (QED) is 0.530. The molecular weight excluding hydrogens is 455 g/mol. The fourth-order valence-corrected chi connectivity index (χ4v) is 4.93. The standard InChI is InChI=1S/C25H25FN4O5/c1-16(31)17-6-7-20(19(26)14-17)28-9-11-29(12-10-28)22(32)15-30-23(33)25(27-24(30)34)8-13-35-21-5-3-2-4-18(21)25/h2-7,14H,8-13,15H2,1H3,(H,27,34)/t25-/m1/s1. The number of carbonyl (C=O) groups is 4. The fourth-order valence-electron chi connectivity index (χ4n) is 4.93. The van der Waals surface area contributed by atoms with Crippen LogP contribution >= 0.6 is 0 Å². The van der Waals surface area contributed by atoms with Crippen LogP contribution in [0.2, 0.25) is 0 Å². The maximum atomic E-state index is 14.5. The highest BCUT2D eigenvalue weighted by molar-refractivity contribution is 6.09. The molecule has 0 aromatic heterocycles. The summed E-state index contributed by atoms with van der Waals surface area (Å²) < 4.78 is 20.1. The Labute approximate surface area is 201 Å². The molecule has 2 fully saturated rings. The van der Waals surface area contributed by atoms with Crippen LogP contribution < -0.4 is 15.0 Å². The first-order valence-corrected chi connectivity index (χ1v) is 11.5. The Balaban J connectivity index is 1.24. The van der Waals surface area contributed by atoms with Gasteiger partial charge in [-0.1, -0.05) is 18.2 Å². The molecule has 3 aliphatic heterocycles. The normalized spacial score (nSPS) is 21.6. The lowest BCUT2D eigenvalue weighted by Crippen LogP contribution is -2.52. The monoisotopic (exact) mass is 480 g/mol. The smallest absolute Gasteiger partial charge is 0.325 e. The van der Waals surface area contributed by atoms with E-state index >= 15 is 0 Å². The summed E-state index contributed by atoms with van der Waals surface area (Å²) in [7, 11) is 0. The summed E-state index contributed by atoms with van der Waals surface area (Å²) in [5.74, 6) is -0.965. The SMILES string of the molecule is CC(=O)c1ccc(N2CCN(C(=O)CN3C(=O)N[C@@]4(CCOc5ccccc54)C3=O)CC2)c(F)c1. The Bertz CT molecular complexity index is 1230. The maximum absolute atomic E-state index is 14.5. The van der Waals surface area contributed by atoms with Gasteiger partial charge >= 0.3 is 6.03 Å². The molecule has 2 aromatic carbocycles. The van der Waals surface area contributed by atoms with Gasteiger partial charge in [0, 0.05) is 43.7 Å². The molecule has 0 unspecified atom stereocenters. The molecule has 0 saturated carbocycles. The van der Waals surface area contributed by atoms with E-state index in [4.69, 9.17) is 4.74 Å². The lowest BCUT2D eigenvalue weighted by molar-refractivity contribution is -0.139. The van der Waals surface area contributed by atoms with Crippen molar-refractivity contribution in [3.63, 3.8) is 0 Å². The van der Waals surface area contributed by atoms with E-state index in [0.717, 1.165) is 4.90 Å². The molecule has 0 aliphatic carbocycles. The Kier molecular flexibility index (Phi) is 5.66. The number of hydrogen-bond donors (Lipinski definition) is 1. The van der Waals surface area contributed by atoms with Gasteiger partial charge in [0.2, 0.25) is 5.91 Å². The Morgan fingerprint density at radius 2 is 1.83 bits per heavy atom. The zero-order valence-corrected chi connectivity index (χ0v) is 19.3. The lowest BCUT2D eigenvalue weighted by atomic mass is 9.84. The molecule has 2 aromatic rings. The van der Waals surface area contributed by atoms with E-state index in [1.54, 1.807) is 41.3 Å². The molecule has 2 saturated heterocycles. The Hall–Kier alpha value is -3.95. The number of halogens is 1. The van der Waals surface area contributed by atoms with Crippen molar-refractivity contribution in [2.24, 2.45) is 0 Å². The number of ketones is 1. The number of fused-ring (bicyclic) bond motifs is 2. The van der Waals surface area contributed by atoms with Crippen LogP contribution in [-0.4, -0.2) is 72.8 Å². The van der Waals surface area contributed by atoms with Crippen LogP contribution in [0.3, 0.4) is 0 Å². The molecule has 1 spiro atoms. The Morgan fingerprint density at radius 3 is 2.54 bits per heavy atom. The minimum Gasteiger partial charge on any atom is -0.493 e. The number of benzene rings is 2. The van der Waals surface area contributed by atoms with Gasteiger partial charge < -0.3 is 19.9 Å². The number of nitrogens with one attached hydrogen (secondary N) is 1. The fraction of sp³-hybridized carbons (Fsp3) is 0.360. The number of rotatable bonds is 4. The van der Waals surface area contributed by atoms with E-state index in [2.05, 4.69) is 5.32 Å². The van der Waals surface area contributed by atoms with Crippen molar-refractivity contribution in [2.45, 2.75) is 18.9 Å². The van der Waals surface area contributed by atoms with E-state index in [0.29, 0.717) is 48.7 Å². The molecule has 182 valence electrons. The number of nitrogens with zero attached hydrogens (tertiary/aromatic N) is 3. The van der Waals surface area contributed by atoms with Crippen LogP contribution in [0.5, 0.6) is 5.75 Å². The summed E-state index contributed by atoms with van der Waals surface area (Å²) >= 11 is 0. The number of carbonyl (C=O) groups excluding carboxylic acids is 4. The van der Waals surface area contributed by atoms with Crippen LogP contribution in [-0.2, 0) is 15.1 Å². The molecule has 9 nitrogen and oxygen atoms in total. The first-order chi connectivity index (χ1) is 16.8. The number of hydrogen-bond acceptors (Lipinski definition) is 6. The molecule has 3 aliphatic rings. The lowest BCUT2D eigenvalue weighted by Gasteiger charge is -2.37. The average Bonchev–Trinajstić information content (AvgIpc) is 3.09. The van der Waals surface area contributed by atoms with Gasteiger partial charge in [-0.15, -0.1) is 0 Å². The minimum atomic E-state index is -1.23. The van der Waals surface area contributed by atoms with Crippen LogP contribution in [0.25, 0.3) is 0 Å². The topological polar surface area (TPSA) is 99.3 Å². The number of imide groups is 1. The van der Waals surface area contributed by atoms with Gasteiger partial charge in [-0.2, -0.15) is 0 Å². The van der Waals surface area contributed by atoms with E-state index in [1.165, 1.54) is 13.0 Å². The third kappa shape index (κ3) is 3.88. The zero-order valence-electron chi connectivity index (χ0n) is 19.3. The summed E-state index contributed by atoms with van der Waals surface area (Å²) in [6, 6.07) is 10.8. The van der Waals surface area contributed by atoms with Gasteiger partial charge in [-0.3, -0.25) is 19.3 Å². The molecule has 1 N–H and O–H groups in total. The number of piperazine rings is 1. The second kappa shape index (κ2) is 8.68. The third-order valence-corrected chi connectivity index (χ3v) is 6.88. The van der Waals surface area contributed by atoms with E-state index in [1.807, 2.05) is 4.90 Å². The molecule has 10 heteroatoms. The zero-order chi connectivity index (χ0) is 24.7.